The van der Waals surface area contributed by atoms with Crippen molar-refractivity contribution in [2.75, 3.05) is 26.2 Å². The lowest BCUT2D eigenvalue weighted by Crippen LogP contribution is -2.52. The van der Waals surface area contributed by atoms with Crippen molar-refractivity contribution in [1.29, 1.82) is 0 Å². The van der Waals surface area contributed by atoms with Crippen LogP contribution in [0.1, 0.15) is 44.2 Å². The van der Waals surface area contributed by atoms with Crippen molar-refractivity contribution in [3.63, 3.8) is 0 Å². The molecule has 1 aliphatic carbocycles. The van der Waals surface area contributed by atoms with Gasteiger partial charge in [0.2, 0.25) is 5.91 Å². The molecule has 0 radical (unpaired) electrons. The Labute approximate surface area is 154 Å². The molecule has 2 fully saturated rings. The zero-order valence-electron chi connectivity index (χ0n) is 15.7. The number of benzene rings is 1. The van der Waals surface area contributed by atoms with Crippen LogP contribution in [-0.2, 0) is 4.79 Å². The Balaban J connectivity index is 1.42. The van der Waals surface area contributed by atoms with E-state index in [4.69, 9.17) is 0 Å². The number of carbonyl (C=O) groups excluding carboxylic acids is 1. The second kappa shape index (κ2) is 7.03. The van der Waals surface area contributed by atoms with E-state index in [1.807, 2.05) is 17.0 Å². The van der Waals surface area contributed by atoms with E-state index in [9.17, 15) is 9.18 Å². The number of rotatable bonds is 2. The van der Waals surface area contributed by atoms with Gasteiger partial charge in [-0.15, -0.1) is 0 Å². The molecule has 1 aromatic carbocycles. The van der Waals surface area contributed by atoms with Gasteiger partial charge in [-0.3, -0.25) is 9.69 Å². The van der Waals surface area contributed by atoms with E-state index in [2.05, 4.69) is 22.6 Å². The summed E-state index contributed by atoms with van der Waals surface area (Å²) < 4.78 is 16.4. The van der Waals surface area contributed by atoms with Crippen molar-refractivity contribution >= 4 is 16.8 Å². The summed E-state index contributed by atoms with van der Waals surface area (Å²) in [7, 11) is 0. The molecule has 2 heterocycles. The fraction of sp³-hybridized carbons (Fsp3) is 0.571. The van der Waals surface area contributed by atoms with Crippen LogP contribution in [0.4, 0.5) is 4.39 Å². The Morgan fingerprint density at radius 1 is 1.00 bits per heavy atom. The SMILES string of the molecule is CC(=O)N1CCN(C2CCC(n3ccc4c(F)ccc(C)c43)CC2)CC1. The quantitative estimate of drug-likeness (QED) is 0.819. The second-order valence-electron chi connectivity index (χ2n) is 7.85. The zero-order chi connectivity index (χ0) is 18.3. The van der Waals surface area contributed by atoms with Crippen LogP contribution in [-0.4, -0.2) is 52.5 Å². The Kier molecular flexibility index (Phi) is 4.74. The van der Waals surface area contributed by atoms with Crippen LogP contribution in [0.15, 0.2) is 24.4 Å². The summed E-state index contributed by atoms with van der Waals surface area (Å²) in [6.45, 7) is 7.43. The summed E-state index contributed by atoms with van der Waals surface area (Å²) in [5.41, 5.74) is 2.21. The van der Waals surface area contributed by atoms with Gasteiger partial charge in [0, 0.05) is 56.8 Å². The predicted molar refractivity (Wildman–Crippen MR) is 102 cm³/mol. The topological polar surface area (TPSA) is 28.5 Å². The van der Waals surface area contributed by atoms with Gasteiger partial charge in [0.25, 0.3) is 0 Å². The highest BCUT2D eigenvalue weighted by Gasteiger charge is 2.30. The number of nitrogens with zero attached hydrogens (tertiary/aromatic N) is 3. The molecule has 0 atom stereocenters. The van der Waals surface area contributed by atoms with Gasteiger partial charge in [-0.25, -0.2) is 4.39 Å². The molecule has 2 aromatic rings. The second-order valence-corrected chi connectivity index (χ2v) is 7.85. The van der Waals surface area contributed by atoms with Crippen molar-refractivity contribution in [1.82, 2.24) is 14.4 Å². The van der Waals surface area contributed by atoms with E-state index in [0.29, 0.717) is 12.1 Å². The van der Waals surface area contributed by atoms with Gasteiger partial charge >= 0.3 is 0 Å². The summed E-state index contributed by atoms with van der Waals surface area (Å²) in [6, 6.07) is 6.46. The minimum Gasteiger partial charge on any atom is -0.344 e. The summed E-state index contributed by atoms with van der Waals surface area (Å²) in [5, 5.41) is 0.743. The van der Waals surface area contributed by atoms with Gasteiger partial charge in [-0.05, 0) is 50.3 Å². The van der Waals surface area contributed by atoms with Crippen LogP contribution in [0.5, 0.6) is 0 Å². The molecule has 1 saturated heterocycles. The Hall–Kier alpha value is -1.88. The van der Waals surface area contributed by atoms with Gasteiger partial charge in [-0.1, -0.05) is 6.07 Å². The first-order valence-corrected chi connectivity index (χ1v) is 9.80. The van der Waals surface area contributed by atoms with E-state index in [0.717, 1.165) is 55.5 Å². The van der Waals surface area contributed by atoms with Crippen LogP contribution in [0, 0.1) is 12.7 Å². The summed E-state index contributed by atoms with van der Waals surface area (Å²) >= 11 is 0. The number of amides is 1. The average Bonchev–Trinajstić information content (AvgIpc) is 3.11. The molecule has 0 unspecified atom stereocenters. The number of hydrogen-bond acceptors (Lipinski definition) is 2. The third-order valence-electron chi connectivity index (χ3n) is 6.36. The first-order chi connectivity index (χ1) is 12.5. The number of piperazine rings is 1. The van der Waals surface area contributed by atoms with E-state index in [1.54, 1.807) is 13.0 Å². The van der Waals surface area contributed by atoms with E-state index >= 15 is 0 Å². The Bertz CT molecular complexity index is 799. The normalized spacial score (nSPS) is 25.0. The van der Waals surface area contributed by atoms with Gasteiger partial charge in [0.15, 0.2) is 0 Å². The van der Waals surface area contributed by atoms with E-state index in [-0.39, 0.29) is 11.7 Å². The molecule has 0 spiro atoms. The van der Waals surface area contributed by atoms with E-state index in [1.165, 1.54) is 12.8 Å². The van der Waals surface area contributed by atoms with Crippen molar-refractivity contribution in [2.24, 2.45) is 0 Å². The Morgan fingerprint density at radius 2 is 1.65 bits per heavy atom. The van der Waals surface area contributed by atoms with E-state index < -0.39 is 0 Å². The lowest BCUT2D eigenvalue weighted by atomic mass is 9.89. The van der Waals surface area contributed by atoms with Gasteiger partial charge < -0.3 is 9.47 Å². The third-order valence-corrected chi connectivity index (χ3v) is 6.36. The highest BCUT2D eigenvalue weighted by molar-refractivity contribution is 5.84. The van der Waals surface area contributed by atoms with Gasteiger partial charge in [-0.2, -0.15) is 0 Å². The highest BCUT2D eigenvalue weighted by atomic mass is 19.1. The Morgan fingerprint density at radius 3 is 2.31 bits per heavy atom. The lowest BCUT2D eigenvalue weighted by Gasteiger charge is -2.42. The molecular weight excluding hydrogens is 329 g/mol. The number of aromatic nitrogens is 1. The maximum absolute atomic E-state index is 14.1. The maximum atomic E-state index is 14.1. The highest BCUT2D eigenvalue weighted by Crippen LogP contribution is 2.35. The number of aryl methyl sites for hydroxylation is 1. The van der Waals surface area contributed by atoms with Crippen molar-refractivity contribution in [2.45, 2.75) is 51.6 Å². The number of fused-ring (bicyclic) bond motifs is 1. The first-order valence-electron chi connectivity index (χ1n) is 9.80. The molecule has 0 bridgehead atoms. The molecule has 26 heavy (non-hydrogen) atoms. The fourth-order valence-corrected chi connectivity index (χ4v) is 4.83. The fourth-order valence-electron chi connectivity index (χ4n) is 4.83. The molecule has 1 aromatic heterocycles. The minimum absolute atomic E-state index is 0.124. The molecule has 0 N–H and O–H groups in total. The van der Waals surface area contributed by atoms with Crippen molar-refractivity contribution in [3.8, 4) is 0 Å². The largest absolute Gasteiger partial charge is 0.344 e. The lowest BCUT2D eigenvalue weighted by molar-refractivity contribution is -0.131. The van der Waals surface area contributed by atoms with Gasteiger partial charge in [0.1, 0.15) is 5.82 Å². The number of halogens is 1. The molecule has 2 aliphatic rings. The molecular formula is C21H28FN3O. The molecule has 1 saturated carbocycles. The third kappa shape index (κ3) is 3.13. The summed E-state index contributed by atoms with van der Waals surface area (Å²) in [6.07, 6.45) is 6.70. The smallest absolute Gasteiger partial charge is 0.219 e. The van der Waals surface area contributed by atoms with Gasteiger partial charge in [0.05, 0.1) is 5.52 Å². The average molecular weight is 357 g/mol. The molecule has 4 nitrogen and oxygen atoms in total. The maximum Gasteiger partial charge on any atom is 0.219 e. The predicted octanol–water partition coefficient (Wildman–Crippen LogP) is 3.74. The molecule has 1 aliphatic heterocycles. The molecule has 4 rings (SSSR count). The van der Waals surface area contributed by atoms with Crippen LogP contribution < -0.4 is 0 Å². The van der Waals surface area contributed by atoms with Crippen LogP contribution in [0.2, 0.25) is 0 Å². The minimum atomic E-state index is -0.124. The molecule has 5 heteroatoms. The monoisotopic (exact) mass is 357 g/mol. The van der Waals surface area contributed by atoms with Crippen LogP contribution in [0.3, 0.4) is 0 Å². The van der Waals surface area contributed by atoms with Crippen molar-refractivity contribution in [3.05, 3.63) is 35.8 Å². The summed E-state index contributed by atoms with van der Waals surface area (Å²) in [5.74, 6) is 0.0665. The van der Waals surface area contributed by atoms with Crippen LogP contribution in [0.25, 0.3) is 10.9 Å². The molecule has 140 valence electrons. The number of hydrogen-bond donors (Lipinski definition) is 0. The summed E-state index contributed by atoms with van der Waals surface area (Å²) in [4.78, 5) is 16.0. The number of carbonyl (C=O) groups is 1. The van der Waals surface area contributed by atoms with Crippen molar-refractivity contribution < 1.29 is 9.18 Å². The van der Waals surface area contributed by atoms with Crippen LogP contribution >= 0.6 is 0 Å². The standard InChI is InChI=1S/C21H28FN3O/c1-15-3-8-20(22)19-9-10-25(21(15)19)18-6-4-17(5-7-18)24-13-11-23(12-14-24)16(2)26/h3,8-10,17-18H,4-7,11-14H2,1-2H3. The first kappa shape index (κ1) is 17.5. The molecule has 1 amide bonds. The zero-order valence-corrected chi connectivity index (χ0v) is 15.7.